The lowest BCUT2D eigenvalue weighted by atomic mass is 9.98. The van der Waals surface area contributed by atoms with Gasteiger partial charge in [-0.3, -0.25) is 24.0 Å². The lowest BCUT2D eigenvalue weighted by molar-refractivity contribution is -0.139. The number of carbonyl (C=O) groups is 3. The molecule has 2 amide bonds. The SMILES string of the molecule is CC(=O)NC[C@@H](CO)NCCn1c(C)cn2nc(-c3cccc(-c4cccc(-c5cc6c(=O)n(CCN[C@@H](CNC(C)=O)C(=O)O)c(C)cn6n5)c4Cl)c3Cl)cc2c1=O. The number of fused-ring (bicyclic) bond motifs is 2. The van der Waals surface area contributed by atoms with Crippen molar-refractivity contribution in [2.24, 2.45) is 0 Å². The van der Waals surface area contributed by atoms with Gasteiger partial charge in [-0.2, -0.15) is 10.2 Å². The van der Waals surface area contributed by atoms with E-state index in [1.165, 1.54) is 27.4 Å². The number of nitrogens with one attached hydrogen (secondary N) is 4. The van der Waals surface area contributed by atoms with Gasteiger partial charge in [0, 0.05) is 105 Å². The monoisotopic (exact) mass is 846 g/mol. The average Bonchev–Trinajstić information content (AvgIpc) is 3.81. The number of carbonyl (C=O) groups excluding carboxylic acids is 2. The zero-order valence-corrected chi connectivity index (χ0v) is 34.3. The largest absolute Gasteiger partial charge is 0.480 e. The van der Waals surface area contributed by atoms with Gasteiger partial charge in [0.1, 0.15) is 17.1 Å². The van der Waals surface area contributed by atoms with Crippen LogP contribution in [0, 0.1) is 13.8 Å². The van der Waals surface area contributed by atoms with Crippen LogP contribution >= 0.6 is 23.2 Å². The number of hydrogen-bond donors (Lipinski definition) is 6. The second-order valence-electron chi connectivity index (χ2n) is 14.1. The number of carboxylic acid groups (broad SMARTS) is 1. The molecule has 6 rings (SSSR count). The van der Waals surface area contributed by atoms with E-state index in [1.54, 1.807) is 55.1 Å². The zero-order chi connectivity index (χ0) is 42.5. The van der Waals surface area contributed by atoms with Crippen molar-refractivity contribution in [3.05, 3.63) is 103 Å². The lowest BCUT2D eigenvalue weighted by Crippen LogP contribution is -2.47. The highest BCUT2D eigenvalue weighted by molar-refractivity contribution is 6.39. The number of benzene rings is 2. The van der Waals surface area contributed by atoms with Gasteiger partial charge < -0.3 is 40.6 Å². The molecule has 0 bridgehead atoms. The molecular formula is C40H44Cl2N10O7. The molecule has 2 aromatic carbocycles. The van der Waals surface area contributed by atoms with Crippen molar-refractivity contribution in [3.8, 4) is 33.6 Å². The maximum atomic E-state index is 13.7. The summed E-state index contributed by atoms with van der Waals surface area (Å²) in [4.78, 5) is 61.5. The highest BCUT2D eigenvalue weighted by Gasteiger charge is 2.21. The van der Waals surface area contributed by atoms with E-state index in [0.717, 1.165) is 0 Å². The third-order valence-corrected chi connectivity index (χ3v) is 10.7. The molecular weight excluding hydrogens is 803 g/mol. The predicted octanol–water partition coefficient (Wildman–Crippen LogP) is 2.50. The third kappa shape index (κ3) is 9.40. The van der Waals surface area contributed by atoms with Crippen LogP contribution in [-0.4, -0.2) is 101 Å². The molecule has 2 atom stereocenters. The second-order valence-corrected chi connectivity index (χ2v) is 14.8. The molecule has 0 saturated heterocycles. The van der Waals surface area contributed by atoms with Crippen LogP contribution in [0.5, 0.6) is 0 Å². The van der Waals surface area contributed by atoms with Crippen LogP contribution in [0.3, 0.4) is 0 Å². The summed E-state index contributed by atoms with van der Waals surface area (Å²) in [5.41, 5.74) is 4.57. The van der Waals surface area contributed by atoms with Gasteiger partial charge in [0.05, 0.1) is 28.0 Å². The van der Waals surface area contributed by atoms with Crippen molar-refractivity contribution < 1.29 is 24.6 Å². The Morgan fingerprint density at radius 1 is 0.712 bits per heavy atom. The van der Waals surface area contributed by atoms with E-state index < -0.39 is 12.0 Å². The minimum atomic E-state index is -1.13. The van der Waals surface area contributed by atoms with E-state index in [-0.39, 0.29) is 67.3 Å². The molecule has 17 nitrogen and oxygen atoms in total. The number of halogens is 2. The van der Waals surface area contributed by atoms with Gasteiger partial charge in [-0.1, -0.05) is 59.6 Å². The van der Waals surface area contributed by atoms with Gasteiger partial charge in [0.25, 0.3) is 11.1 Å². The molecule has 0 unspecified atom stereocenters. The van der Waals surface area contributed by atoms with Gasteiger partial charge in [0.15, 0.2) is 0 Å². The number of carboxylic acids is 1. The Kier molecular flexibility index (Phi) is 13.3. The smallest absolute Gasteiger partial charge is 0.322 e. The fraction of sp³-hybridized carbons (Fsp3) is 0.325. The Labute approximate surface area is 347 Å². The minimum absolute atomic E-state index is 0.0983. The number of aliphatic carboxylic acids is 1. The Morgan fingerprint density at radius 3 is 1.59 bits per heavy atom. The molecule has 6 aromatic rings. The standard InChI is InChI=1S/C40H44Cl2N10O7/c1-22-19-51-34(38(56)49(22)13-11-43-26(21-53)17-45-24(3)54)15-31(47-51)29-9-5-7-27(36(29)41)28-8-6-10-30(37(28)42)32-16-35-39(57)50(23(2)20-52(35)48-32)14-12-44-33(40(58)59)18-46-25(4)55/h5-10,15-16,19-20,26,33,43-44,53H,11-14,17-18,21H2,1-4H3,(H,45,54)(H,46,55)(H,58,59)/t26-,33-/m0/s1. The molecule has 0 aliphatic carbocycles. The van der Waals surface area contributed by atoms with E-state index in [1.807, 2.05) is 24.3 Å². The predicted molar refractivity (Wildman–Crippen MR) is 224 cm³/mol. The number of aliphatic hydroxyl groups is 1. The van der Waals surface area contributed by atoms with Crippen LogP contribution in [0.1, 0.15) is 25.2 Å². The number of hydrogen-bond acceptors (Lipinski definition) is 10. The first-order chi connectivity index (χ1) is 28.2. The molecule has 0 saturated carbocycles. The van der Waals surface area contributed by atoms with E-state index in [0.29, 0.717) is 73.7 Å². The molecule has 310 valence electrons. The quantitative estimate of drug-likeness (QED) is 0.0784. The molecule has 0 aliphatic rings. The summed E-state index contributed by atoms with van der Waals surface area (Å²) in [6, 6.07) is 12.8. The van der Waals surface area contributed by atoms with E-state index in [9.17, 15) is 34.2 Å². The summed E-state index contributed by atoms with van der Waals surface area (Å²) in [5.74, 6) is -1.67. The molecule has 0 aliphatic heterocycles. The first kappa shape index (κ1) is 42.7. The topological polar surface area (TPSA) is 218 Å². The molecule has 4 heterocycles. The normalized spacial score (nSPS) is 12.5. The second kappa shape index (κ2) is 18.4. The summed E-state index contributed by atoms with van der Waals surface area (Å²) < 4.78 is 6.15. The van der Waals surface area contributed by atoms with Crippen molar-refractivity contribution in [2.75, 3.05) is 32.8 Å². The number of amides is 2. The van der Waals surface area contributed by atoms with Gasteiger partial charge in [-0.25, -0.2) is 9.03 Å². The first-order valence-corrected chi connectivity index (χ1v) is 19.5. The molecule has 4 aromatic heterocycles. The summed E-state index contributed by atoms with van der Waals surface area (Å²) in [6.07, 6.45) is 3.46. The zero-order valence-electron chi connectivity index (χ0n) is 32.8. The number of nitrogens with zero attached hydrogens (tertiary/aromatic N) is 6. The lowest BCUT2D eigenvalue weighted by Gasteiger charge is -2.17. The molecule has 6 N–H and O–H groups in total. The maximum absolute atomic E-state index is 13.7. The van der Waals surface area contributed by atoms with Gasteiger partial charge in [-0.15, -0.1) is 0 Å². The van der Waals surface area contributed by atoms with Crippen molar-refractivity contribution in [1.29, 1.82) is 0 Å². The minimum Gasteiger partial charge on any atom is -0.480 e. The fourth-order valence-electron chi connectivity index (χ4n) is 6.78. The molecule has 0 fully saturated rings. The summed E-state index contributed by atoms with van der Waals surface area (Å²) in [6.45, 7) is 7.26. The summed E-state index contributed by atoms with van der Waals surface area (Å²) in [7, 11) is 0. The Morgan fingerprint density at radius 2 is 1.15 bits per heavy atom. The molecule has 19 heteroatoms. The highest BCUT2D eigenvalue weighted by Crippen LogP contribution is 2.42. The Bertz CT molecular complexity index is 2690. The summed E-state index contributed by atoms with van der Waals surface area (Å²) in [5, 5.41) is 40.4. The highest BCUT2D eigenvalue weighted by atomic mass is 35.5. The van der Waals surface area contributed by atoms with Crippen molar-refractivity contribution in [2.45, 2.75) is 52.9 Å². The van der Waals surface area contributed by atoms with Gasteiger partial charge in [0.2, 0.25) is 11.8 Å². The van der Waals surface area contributed by atoms with E-state index >= 15 is 0 Å². The number of aliphatic hydroxyl groups excluding tert-OH is 1. The van der Waals surface area contributed by atoms with Crippen LogP contribution in [-0.2, 0) is 27.5 Å². The van der Waals surface area contributed by atoms with Crippen LogP contribution in [0.15, 0.2) is 70.5 Å². The number of aryl methyl sites for hydroxylation is 2. The average molecular weight is 848 g/mol. The van der Waals surface area contributed by atoms with E-state index in [2.05, 4.69) is 26.4 Å². The number of rotatable bonds is 17. The fourth-order valence-corrected chi connectivity index (χ4v) is 7.43. The summed E-state index contributed by atoms with van der Waals surface area (Å²) >= 11 is 14.2. The van der Waals surface area contributed by atoms with Crippen LogP contribution in [0.2, 0.25) is 10.0 Å². The van der Waals surface area contributed by atoms with Crippen molar-refractivity contribution >= 4 is 52.0 Å². The first-order valence-electron chi connectivity index (χ1n) is 18.8. The maximum Gasteiger partial charge on any atom is 0.322 e. The van der Waals surface area contributed by atoms with Crippen LogP contribution in [0.25, 0.3) is 44.7 Å². The van der Waals surface area contributed by atoms with Crippen molar-refractivity contribution in [3.63, 3.8) is 0 Å². The third-order valence-electron chi connectivity index (χ3n) is 9.87. The Hall–Kier alpha value is -5.85. The molecule has 59 heavy (non-hydrogen) atoms. The van der Waals surface area contributed by atoms with Gasteiger partial charge >= 0.3 is 5.97 Å². The van der Waals surface area contributed by atoms with Crippen LogP contribution < -0.4 is 32.4 Å². The molecule has 0 radical (unpaired) electrons. The van der Waals surface area contributed by atoms with Crippen molar-refractivity contribution in [1.82, 2.24) is 49.6 Å². The van der Waals surface area contributed by atoms with Crippen LogP contribution in [0.4, 0.5) is 0 Å². The molecule has 0 spiro atoms. The number of aromatic nitrogens is 6. The van der Waals surface area contributed by atoms with Gasteiger partial charge in [-0.05, 0) is 26.0 Å². The Balaban J connectivity index is 1.25. The van der Waals surface area contributed by atoms with E-state index in [4.69, 9.17) is 28.3 Å².